The molecule has 0 saturated heterocycles. The Morgan fingerprint density at radius 2 is 2.15 bits per heavy atom. The lowest BCUT2D eigenvalue weighted by atomic mass is 10.1. The highest BCUT2D eigenvalue weighted by Gasteiger charge is 2.20. The van der Waals surface area contributed by atoms with Gasteiger partial charge >= 0.3 is 0 Å². The molecule has 0 saturated carbocycles. The van der Waals surface area contributed by atoms with Crippen molar-refractivity contribution >= 4 is 23.4 Å². The molecule has 1 heterocycles. The van der Waals surface area contributed by atoms with Gasteiger partial charge in [-0.1, -0.05) is 36.7 Å². The third-order valence-electron chi connectivity index (χ3n) is 3.29. The first-order valence-corrected chi connectivity index (χ1v) is 8.13. The molecule has 2 aromatic rings. The zero-order valence-corrected chi connectivity index (χ0v) is 13.4. The van der Waals surface area contributed by atoms with E-state index in [1.54, 1.807) is 0 Å². The number of nitrogens with two attached hydrogens (primary N) is 1. The van der Waals surface area contributed by atoms with Crippen LogP contribution in [0.1, 0.15) is 29.7 Å². The summed E-state index contributed by atoms with van der Waals surface area (Å²) in [6.07, 6.45) is 4.88. The third kappa shape index (κ3) is 3.78. The number of nitrogens with zero attached hydrogens (tertiary/aromatic N) is 2. The SMILES string of the molecule is CCC(N)C(SCc1ccccc1Cl)c1cnn(C)c1. The molecule has 0 amide bonds. The summed E-state index contributed by atoms with van der Waals surface area (Å²) in [5.74, 6) is 0.854. The van der Waals surface area contributed by atoms with Crippen molar-refractivity contribution in [2.75, 3.05) is 0 Å². The van der Waals surface area contributed by atoms with Gasteiger partial charge in [0.25, 0.3) is 0 Å². The van der Waals surface area contributed by atoms with Gasteiger partial charge in [-0.25, -0.2) is 0 Å². The molecule has 20 heavy (non-hydrogen) atoms. The second kappa shape index (κ2) is 7.16. The van der Waals surface area contributed by atoms with Crippen LogP contribution in [0, 0.1) is 0 Å². The quantitative estimate of drug-likeness (QED) is 0.883. The summed E-state index contributed by atoms with van der Waals surface area (Å²) in [4.78, 5) is 0. The summed E-state index contributed by atoms with van der Waals surface area (Å²) in [6.45, 7) is 2.12. The van der Waals surface area contributed by atoms with E-state index in [9.17, 15) is 0 Å². The number of rotatable bonds is 6. The van der Waals surface area contributed by atoms with Crippen LogP contribution in [0.15, 0.2) is 36.7 Å². The van der Waals surface area contributed by atoms with Gasteiger partial charge in [0.05, 0.1) is 6.20 Å². The minimum absolute atomic E-state index is 0.117. The van der Waals surface area contributed by atoms with Crippen LogP contribution in [-0.2, 0) is 12.8 Å². The summed E-state index contributed by atoms with van der Waals surface area (Å²) in [5.41, 5.74) is 8.60. The zero-order valence-electron chi connectivity index (χ0n) is 11.8. The van der Waals surface area contributed by atoms with Crippen molar-refractivity contribution in [1.29, 1.82) is 0 Å². The van der Waals surface area contributed by atoms with Crippen LogP contribution in [0.25, 0.3) is 0 Å². The molecule has 0 aliphatic rings. The molecular formula is C15H20ClN3S. The number of thioether (sulfide) groups is 1. The Kier molecular flexibility index (Phi) is 5.52. The molecule has 3 nitrogen and oxygen atoms in total. The Bertz CT molecular complexity index is 556. The molecule has 0 aliphatic heterocycles. The number of halogens is 1. The Labute approximate surface area is 129 Å². The number of benzene rings is 1. The average molecular weight is 310 g/mol. The minimum atomic E-state index is 0.117. The number of hydrogen-bond donors (Lipinski definition) is 1. The molecule has 2 atom stereocenters. The van der Waals surface area contributed by atoms with Crippen LogP contribution in [0.3, 0.4) is 0 Å². The largest absolute Gasteiger partial charge is 0.326 e. The van der Waals surface area contributed by atoms with E-state index in [0.29, 0.717) is 0 Å². The summed E-state index contributed by atoms with van der Waals surface area (Å²) < 4.78 is 1.82. The molecular weight excluding hydrogens is 290 g/mol. The number of aromatic nitrogens is 2. The van der Waals surface area contributed by atoms with Crippen molar-refractivity contribution < 1.29 is 0 Å². The molecule has 108 valence electrons. The fourth-order valence-electron chi connectivity index (χ4n) is 2.06. The first-order valence-electron chi connectivity index (χ1n) is 6.71. The van der Waals surface area contributed by atoms with Gasteiger partial charge in [0, 0.05) is 40.9 Å². The number of aryl methyl sites for hydroxylation is 1. The Hall–Kier alpha value is -0.970. The summed E-state index contributed by atoms with van der Waals surface area (Å²) in [6, 6.07) is 8.07. The molecule has 5 heteroatoms. The summed E-state index contributed by atoms with van der Waals surface area (Å²) >= 11 is 8.04. The lowest BCUT2D eigenvalue weighted by molar-refractivity contribution is 0.633. The van der Waals surface area contributed by atoms with Crippen molar-refractivity contribution in [3.05, 3.63) is 52.8 Å². The average Bonchev–Trinajstić information content (AvgIpc) is 2.87. The van der Waals surface area contributed by atoms with E-state index >= 15 is 0 Å². The first-order chi connectivity index (χ1) is 9.61. The Morgan fingerprint density at radius 1 is 1.40 bits per heavy atom. The molecule has 0 radical (unpaired) electrons. The second-order valence-corrected chi connectivity index (χ2v) is 6.38. The normalized spacial score (nSPS) is 14.2. The van der Waals surface area contributed by atoms with Crippen LogP contribution in [-0.4, -0.2) is 15.8 Å². The van der Waals surface area contributed by atoms with Gasteiger partial charge in [0.15, 0.2) is 0 Å². The molecule has 0 bridgehead atoms. The van der Waals surface area contributed by atoms with Gasteiger partial charge in [-0.15, -0.1) is 11.8 Å². The fourth-order valence-corrected chi connectivity index (χ4v) is 3.71. The maximum absolute atomic E-state index is 6.27. The van der Waals surface area contributed by atoms with E-state index in [-0.39, 0.29) is 11.3 Å². The number of hydrogen-bond acceptors (Lipinski definition) is 3. The maximum Gasteiger partial charge on any atom is 0.0533 e. The molecule has 2 rings (SSSR count). The first kappa shape index (κ1) is 15.4. The second-order valence-electron chi connectivity index (χ2n) is 4.84. The van der Waals surface area contributed by atoms with E-state index in [1.165, 1.54) is 5.56 Å². The van der Waals surface area contributed by atoms with E-state index in [1.807, 2.05) is 54.1 Å². The highest BCUT2D eigenvalue weighted by atomic mass is 35.5. The van der Waals surface area contributed by atoms with Crippen molar-refractivity contribution in [3.63, 3.8) is 0 Å². The van der Waals surface area contributed by atoms with Crippen LogP contribution in [0.5, 0.6) is 0 Å². The van der Waals surface area contributed by atoms with Crippen LogP contribution in [0.2, 0.25) is 5.02 Å². The van der Waals surface area contributed by atoms with Gasteiger partial charge < -0.3 is 5.73 Å². The van der Waals surface area contributed by atoms with Crippen molar-refractivity contribution in [2.24, 2.45) is 12.8 Å². The van der Waals surface area contributed by atoms with Gasteiger partial charge in [0.1, 0.15) is 0 Å². The van der Waals surface area contributed by atoms with E-state index in [0.717, 1.165) is 22.8 Å². The van der Waals surface area contributed by atoms with Gasteiger partial charge in [-0.05, 0) is 18.1 Å². The molecule has 1 aromatic carbocycles. The van der Waals surface area contributed by atoms with Crippen LogP contribution < -0.4 is 5.73 Å². The predicted octanol–water partition coefficient (Wildman–Crippen LogP) is 3.79. The lowest BCUT2D eigenvalue weighted by Gasteiger charge is -2.21. The molecule has 2 unspecified atom stereocenters. The van der Waals surface area contributed by atoms with Gasteiger partial charge in [0.2, 0.25) is 0 Å². The van der Waals surface area contributed by atoms with Gasteiger partial charge in [-0.3, -0.25) is 4.68 Å². The zero-order chi connectivity index (χ0) is 14.5. The predicted molar refractivity (Wildman–Crippen MR) is 87.0 cm³/mol. The molecule has 0 fully saturated rings. The molecule has 0 spiro atoms. The Balaban J connectivity index is 2.11. The van der Waals surface area contributed by atoms with E-state index in [4.69, 9.17) is 17.3 Å². The van der Waals surface area contributed by atoms with Crippen LogP contribution in [0.4, 0.5) is 0 Å². The lowest BCUT2D eigenvalue weighted by Crippen LogP contribution is -2.25. The van der Waals surface area contributed by atoms with E-state index < -0.39 is 0 Å². The maximum atomic E-state index is 6.27. The summed E-state index contributed by atoms with van der Waals surface area (Å²) in [7, 11) is 1.93. The van der Waals surface area contributed by atoms with E-state index in [2.05, 4.69) is 18.1 Å². The highest BCUT2D eigenvalue weighted by molar-refractivity contribution is 7.98. The monoisotopic (exact) mass is 309 g/mol. The molecule has 2 N–H and O–H groups in total. The smallest absolute Gasteiger partial charge is 0.0533 e. The topological polar surface area (TPSA) is 43.8 Å². The highest BCUT2D eigenvalue weighted by Crippen LogP contribution is 2.35. The summed E-state index contributed by atoms with van der Waals surface area (Å²) in [5, 5.41) is 5.30. The fraction of sp³-hybridized carbons (Fsp3) is 0.400. The van der Waals surface area contributed by atoms with Crippen molar-refractivity contribution in [3.8, 4) is 0 Å². The van der Waals surface area contributed by atoms with Gasteiger partial charge in [-0.2, -0.15) is 5.10 Å². The minimum Gasteiger partial charge on any atom is -0.326 e. The van der Waals surface area contributed by atoms with Crippen molar-refractivity contribution in [2.45, 2.75) is 30.4 Å². The molecule has 1 aromatic heterocycles. The Morgan fingerprint density at radius 3 is 2.75 bits per heavy atom. The standard InChI is InChI=1S/C15H20ClN3S/c1-3-14(17)15(12-8-18-19(2)9-12)20-10-11-6-4-5-7-13(11)16/h4-9,14-15H,3,10,17H2,1-2H3. The third-order valence-corrected chi connectivity index (χ3v) is 5.12. The molecule has 0 aliphatic carbocycles. The van der Waals surface area contributed by atoms with Crippen molar-refractivity contribution in [1.82, 2.24) is 9.78 Å². The van der Waals surface area contributed by atoms with Crippen LogP contribution >= 0.6 is 23.4 Å².